The van der Waals surface area contributed by atoms with Crippen LogP contribution in [-0.2, 0) is 21.6 Å². The van der Waals surface area contributed by atoms with Gasteiger partial charge in [0.05, 0.1) is 35.0 Å². The van der Waals surface area contributed by atoms with Gasteiger partial charge in [0.2, 0.25) is 0 Å². The zero-order chi connectivity index (χ0) is 10.1. The molecule has 1 saturated heterocycles. The Labute approximate surface area is 114 Å². The summed E-state index contributed by atoms with van der Waals surface area (Å²) in [6.07, 6.45) is 6.08. The van der Waals surface area contributed by atoms with E-state index >= 15 is 0 Å². The molecule has 3 aliphatic rings. The van der Waals surface area contributed by atoms with Gasteiger partial charge in [0, 0.05) is 5.92 Å². The maximum Gasteiger partial charge on any atom is 0.123 e. The van der Waals surface area contributed by atoms with E-state index < -0.39 is 21.6 Å². The maximum atomic E-state index is 12.0. The molecule has 0 N–H and O–H groups in total. The topological polar surface area (TPSA) is 34.1 Å². The minimum Gasteiger partial charge on any atom is -0.257 e. The third kappa shape index (κ3) is 1.06. The van der Waals surface area contributed by atoms with Crippen molar-refractivity contribution in [2.45, 2.75) is 13.3 Å². The van der Waals surface area contributed by atoms with E-state index in [0.717, 1.165) is 2.91 Å². The molecule has 0 aromatic rings. The standard InChI is InChI=1S/C8H6I2O2S2/c9-6-3-4-7(13(6)11)5-1-2-8(4,10)14(5)12/h1-5,7H/t4-,5+,7+,8-,13?,14?/m1/s1. The fourth-order valence-corrected chi connectivity index (χ4v) is 9.32. The minimum absolute atomic E-state index is 0.0150. The summed E-state index contributed by atoms with van der Waals surface area (Å²) in [7, 11) is -1.80. The van der Waals surface area contributed by atoms with Gasteiger partial charge in [0.15, 0.2) is 0 Å². The summed E-state index contributed by atoms with van der Waals surface area (Å²) >= 11 is 4.40. The van der Waals surface area contributed by atoms with E-state index in [2.05, 4.69) is 51.3 Å². The molecule has 2 bridgehead atoms. The zero-order valence-corrected chi connectivity index (χ0v) is 12.8. The second-order valence-corrected chi connectivity index (χ2v) is 11.4. The van der Waals surface area contributed by atoms with Crippen LogP contribution in [0.15, 0.2) is 21.1 Å². The molecule has 3 heterocycles. The summed E-state index contributed by atoms with van der Waals surface area (Å²) in [5.41, 5.74) is 0. The van der Waals surface area contributed by atoms with E-state index in [1.54, 1.807) is 0 Å². The number of halogens is 2. The number of rotatable bonds is 0. The molecule has 2 nitrogen and oxygen atoms in total. The van der Waals surface area contributed by atoms with E-state index in [4.69, 9.17) is 0 Å². The average Bonchev–Trinajstić information content (AvgIpc) is 2.65. The molecule has 3 aliphatic heterocycles. The van der Waals surface area contributed by atoms with Crippen LogP contribution >= 0.6 is 45.2 Å². The smallest absolute Gasteiger partial charge is 0.123 e. The first kappa shape index (κ1) is 10.4. The van der Waals surface area contributed by atoms with Gasteiger partial charge < -0.3 is 0 Å². The van der Waals surface area contributed by atoms with Gasteiger partial charge >= 0.3 is 0 Å². The van der Waals surface area contributed by atoms with Crippen molar-refractivity contribution in [1.82, 2.24) is 0 Å². The van der Waals surface area contributed by atoms with Crippen molar-refractivity contribution in [3.05, 3.63) is 21.1 Å². The Morgan fingerprint density at radius 2 is 2.14 bits per heavy atom. The van der Waals surface area contributed by atoms with E-state index in [0.29, 0.717) is 0 Å². The van der Waals surface area contributed by atoms with Crippen LogP contribution in [0.3, 0.4) is 0 Å². The Bertz CT molecular complexity index is 431. The van der Waals surface area contributed by atoms with E-state index in [1.807, 2.05) is 12.2 Å². The van der Waals surface area contributed by atoms with Crippen molar-refractivity contribution >= 4 is 66.8 Å². The predicted octanol–water partition coefficient (Wildman–Crippen LogP) is 1.84. The normalized spacial score (nSPS) is 59.0. The van der Waals surface area contributed by atoms with Gasteiger partial charge in [-0.2, -0.15) is 0 Å². The minimum atomic E-state index is -0.920. The first-order valence-electron chi connectivity index (χ1n) is 4.12. The summed E-state index contributed by atoms with van der Waals surface area (Å²) in [4.78, 5) is 0. The van der Waals surface area contributed by atoms with Crippen LogP contribution in [0.2, 0.25) is 0 Å². The number of fused-ring (bicyclic) bond motifs is 5. The first-order valence-corrected chi connectivity index (χ1v) is 8.71. The van der Waals surface area contributed by atoms with Gasteiger partial charge in [0.1, 0.15) is 2.75 Å². The average molecular weight is 452 g/mol. The van der Waals surface area contributed by atoms with E-state index in [9.17, 15) is 8.42 Å². The second-order valence-electron chi connectivity index (χ2n) is 3.58. The highest BCUT2D eigenvalue weighted by molar-refractivity contribution is 14.1. The van der Waals surface area contributed by atoms with Crippen molar-refractivity contribution in [3.8, 4) is 0 Å². The zero-order valence-electron chi connectivity index (χ0n) is 6.85. The van der Waals surface area contributed by atoms with Crippen molar-refractivity contribution < 1.29 is 8.42 Å². The molecule has 0 aliphatic carbocycles. The Kier molecular flexibility index (Phi) is 2.32. The third-order valence-electron chi connectivity index (χ3n) is 2.95. The molecule has 0 aromatic carbocycles. The Morgan fingerprint density at radius 3 is 2.79 bits per heavy atom. The molecule has 0 saturated carbocycles. The lowest BCUT2D eigenvalue weighted by Gasteiger charge is -2.22. The van der Waals surface area contributed by atoms with Crippen LogP contribution in [0.25, 0.3) is 0 Å². The fraction of sp³-hybridized carbons (Fsp3) is 0.500. The number of allylic oxidation sites excluding steroid dienone is 1. The Morgan fingerprint density at radius 1 is 1.43 bits per heavy atom. The quantitative estimate of drug-likeness (QED) is 0.320. The lowest BCUT2D eigenvalue weighted by atomic mass is 9.94. The molecular weight excluding hydrogens is 446 g/mol. The molecule has 6 heteroatoms. The summed E-state index contributed by atoms with van der Waals surface area (Å²) < 4.78 is 24.6. The second kappa shape index (κ2) is 3.13. The SMILES string of the molecule is O=S1C(I)=C[C@@H]2[C@H]1[C@@H]1C=C[C@@]2(I)S1=O. The van der Waals surface area contributed by atoms with Crippen molar-refractivity contribution in [2.24, 2.45) is 5.92 Å². The summed E-state index contributed by atoms with van der Waals surface area (Å²) in [6.45, 7) is 0. The van der Waals surface area contributed by atoms with Gasteiger partial charge in [-0.15, -0.1) is 0 Å². The van der Waals surface area contributed by atoms with Crippen LogP contribution < -0.4 is 0 Å². The van der Waals surface area contributed by atoms with Crippen LogP contribution in [0.1, 0.15) is 0 Å². The Balaban J connectivity index is 2.18. The monoisotopic (exact) mass is 452 g/mol. The highest BCUT2D eigenvalue weighted by atomic mass is 127. The van der Waals surface area contributed by atoms with Crippen LogP contribution in [0, 0.1) is 5.92 Å². The van der Waals surface area contributed by atoms with Gasteiger partial charge in [-0.25, -0.2) is 0 Å². The molecule has 14 heavy (non-hydrogen) atoms. The lowest BCUT2D eigenvalue weighted by Crippen LogP contribution is -2.31. The molecule has 2 unspecified atom stereocenters. The molecule has 1 fully saturated rings. The fourth-order valence-electron chi connectivity index (χ4n) is 2.28. The predicted molar refractivity (Wildman–Crippen MR) is 75.3 cm³/mol. The van der Waals surface area contributed by atoms with Crippen molar-refractivity contribution in [2.75, 3.05) is 0 Å². The summed E-state index contributed by atoms with van der Waals surface area (Å²) in [5.74, 6) is 0.215. The number of hydrogen-bond acceptors (Lipinski definition) is 2. The van der Waals surface area contributed by atoms with Crippen LogP contribution in [-0.4, -0.2) is 21.7 Å². The largest absolute Gasteiger partial charge is 0.257 e. The third-order valence-corrected chi connectivity index (χ3v) is 10.7. The van der Waals surface area contributed by atoms with Crippen molar-refractivity contribution in [1.29, 1.82) is 0 Å². The van der Waals surface area contributed by atoms with Crippen LogP contribution in [0.5, 0.6) is 0 Å². The highest BCUT2D eigenvalue weighted by Gasteiger charge is 2.63. The molecule has 0 aromatic heterocycles. The number of hydrogen-bond donors (Lipinski definition) is 0. The highest BCUT2D eigenvalue weighted by Crippen LogP contribution is 2.56. The molecular formula is C8H6I2O2S2. The van der Waals surface area contributed by atoms with Gasteiger partial charge in [0.25, 0.3) is 0 Å². The van der Waals surface area contributed by atoms with Crippen LogP contribution in [0.4, 0.5) is 0 Å². The molecule has 0 radical (unpaired) electrons. The molecule has 3 rings (SSSR count). The first-order chi connectivity index (χ1) is 6.55. The van der Waals surface area contributed by atoms with E-state index in [-0.39, 0.29) is 19.2 Å². The summed E-state index contributed by atoms with van der Waals surface area (Å²) in [5, 5.41) is 0.0888. The van der Waals surface area contributed by atoms with Gasteiger partial charge in [-0.05, 0) is 22.6 Å². The molecule has 0 amide bonds. The maximum absolute atomic E-state index is 12.0. The lowest BCUT2D eigenvalue weighted by molar-refractivity contribution is 0.624. The van der Waals surface area contributed by atoms with E-state index in [1.165, 1.54) is 0 Å². The van der Waals surface area contributed by atoms with Gasteiger partial charge in [-0.1, -0.05) is 40.8 Å². The summed E-state index contributed by atoms with van der Waals surface area (Å²) in [6, 6.07) is 0. The molecule has 6 atom stereocenters. The van der Waals surface area contributed by atoms with Gasteiger partial charge in [-0.3, -0.25) is 8.42 Å². The molecule has 0 spiro atoms. The Hall–Kier alpha value is 1.24. The molecule has 76 valence electrons. The van der Waals surface area contributed by atoms with Crippen molar-refractivity contribution in [3.63, 3.8) is 0 Å². The number of alkyl halides is 1.